The Morgan fingerprint density at radius 1 is 1.03 bits per heavy atom. The van der Waals surface area contributed by atoms with E-state index >= 15 is 0 Å². The molecule has 0 aliphatic carbocycles. The van der Waals surface area contributed by atoms with Gasteiger partial charge in [-0.05, 0) is 42.5 Å². The predicted molar refractivity (Wildman–Crippen MR) is 121 cm³/mol. The van der Waals surface area contributed by atoms with Crippen LogP contribution in [0.4, 0.5) is 23.8 Å². The normalized spacial score (nSPS) is 11.0. The monoisotopic (exact) mass is 511 g/mol. The highest BCUT2D eigenvalue weighted by Crippen LogP contribution is 2.38. The van der Waals surface area contributed by atoms with E-state index in [0.717, 1.165) is 23.9 Å². The number of hydrogen-bond donors (Lipinski definition) is 2. The quantitative estimate of drug-likeness (QED) is 0.429. The van der Waals surface area contributed by atoms with Crippen LogP contribution in [0.15, 0.2) is 64.5 Å². The van der Waals surface area contributed by atoms with E-state index in [9.17, 15) is 22.8 Å². The molecule has 0 saturated heterocycles. The van der Waals surface area contributed by atoms with E-state index in [1.54, 1.807) is 18.2 Å². The second-order valence-electron chi connectivity index (χ2n) is 6.57. The van der Waals surface area contributed by atoms with Crippen molar-refractivity contribution < 1.29 is 32.2 Å². The summed E-state index contributed by atoms with van der Waals surface area (Å²) >= 11 is 7.00. The minimum Gasteiger partial charge on any atom is -0.496 e. The number of ether oxygens (including phenoxy) is 2. The molecule has 1 aromatic heterocycles. The van der Waals surface area contributed by atoms with Crippen molar-refractivity contribution in [2.75, 3.05) is 19.5 Å². The van der Waals surface area contributed by atoms with Gasteiger partial charge in [0.1, 0.15) is 22.9 Å². The molecule has 0 spiro atoms. The first-order valence-corrected chi connectivity index (χ1v) is 10.7. The number of amides is 3. The zero-order valence-corrected chi connectivity index (χ0v) is 19.3. The van der Waals surface area contributed by atoms with Crippen molar-refractivity contribution in [3.63, 3.8) is 0 Å². The first-order valence-electron chi connectivity index (χ1n) is 9.46. The number of methoxy groups -OCH3 is 2. The summed E-state index contributed by atoms with van der Waals surface area (Å²) in [4.78, 5) is 29.5. The van der Waals surface area contributed by atoms with Gasteiger partial charge >= 0.3 is 12.2 Å². The van der Waals surface area contributed by atoms with Gasteiger partial charge in [0, 0.05) is 16.0 Å². The second-order valence-corrected chi connectivity index (χ2v) is 8.09. The van der Waals surface area contributed by atoms with Crippen LogP contribution in [0.3, 0.4) is 0 Å². The SMILES string of the molecule is COc1cccc(OC)c1C(=O)NC(=O)Nc1ccc(Sc2cc(C(F)(F)F)ccc2Cl)cn1. The summed E-state index contributed by atoms with van der Waals surface area (Å²) in [6, 6.07) is 9.86. The largest absolute Gasteiger partial charge is 0.496 e. The van der Waals surface area contributed by atoms with Crippen LogP contribution < -0.4 is 20.1 Å². The Balaban J connectivity index is 1.67. The van der Waals surface area contributed by atoms with Gasteiger partial charge in [-0.15, -0.1) is 0 Å². The Labute approximate surface area is 201 Å². The number of aromatic nitrogens is 1. The number of carbonyl (C=O) groups excluding carboxylic acids is 2. The Bertz CT molecular complexity index is 1180. The van der Waals surface area contributed by atoms with Gasteiger partial charge in [0.2, 0.25) is 0 Å². The number of rotatable bonds is 6. The number of imide groups is 1. The van der Waals surface area contributed by atoms with Gasteiger partial charge in [0.05, 0.1) is 24.8 Å². The molecule has 0 unspecified atom stereocenters. The van der Waals surface area contributed by atoms with E-state index in [2.05, 4.69) is 15.6 Å². The molecule has 178 valence electrons. The van der Waals surface area contributed by atoms with Gasteiger partial charge < -0.3 is 9.47 Å². The molecule has 0 radical (unpaired) electrons. The molecule has 0 saturated carbocycles. The van der Waals surface area contributed by atoms with Gasteiger partial charge in [-0.3, -0.25) is 15.4 Å². The van der Waals surface area contributed by atoms with Crippen molar-refractivity contribution in [2.24, 2.45) is 0 Å². The van der Waals surface area contributed by atoms with Gasteiger partial charge in [-0.1, -0.05) is 29.4 Å². The summed E-state index contributed by atoms with van der Waals surface area (Å²) in [5.74, 6) is -0.204. The van der Waals surface area contributed by atoms with Crippen molar-refractivity contribution in [3.05, 3.63) is 70.9 Å². The first kappa shape index (κ1) is 25.2. The molecule has 2 aromatic carbocycles. The molecule has 2 N–H and O–H groups in total. The lowest BCUT2D eigenvalue weighted by Crippen LogP contribution is -2.35. The van der Waals surface area contributed by atoms with Crippen molar-refractivity contribution in [1.29, 1.82) is 0 Å². The number of anilines is 1. The summed E-state index contributed by atoms with van der Waals surface area (Å²) in [7, 11) is 2.75. The Kier molecular flexibility index (Phi) is 7.90. The highest BCUT2D eigenvalue weighted by atomic mass is 35.5. The van der Waals surface area contributed by atoms with Crippen LogP contribution in [0.2, 0.25) is 5.02 Å². The Morgan fingerprint density at radius 2 is 1.71 bits per heavy atom. The number of nitrogens with one attached hydrogen (secondary N) is 2. The number of halogens is 4. The molecular formula is C22H17ClF3N3O4S. The van der Waals surface area contributed by atoms with Crippen molar-refractivity contribution >= 4 is 41.1 Å². The first-order chi connectivity index (χ1) is 16.1. The number of nitrogens with zero attached hydrogens (tertiary/aromatic N) is 1. The lowest BCUT2D eigenvalue weighted by Gasteiger charge is -2.13. The molecule has 3 amide bonds. The summed E-state index contributed by atoms with van der Waals surface area (Å²) in [5, 5.41) is 4.72. The number of carbonyl (C=O) groups is 2. The van der Waals surface area contributed by atoms with Crippen LogP contribution in [0, 0.1) is 0 Å². The minimum absolute atomic E-state index is 0.0420. The van der Waals surface area contributed by atoms with E-state index < -0.39 is 23.7 Å². The summed E-state index contributed by atoms with van der Waals surface area (Å²) in [6.45, 7) is 0. The number of benzene rings is 2. The lowest BCUT2D eigenvalue weighted by molar-refractivity contribution is -0.137. The van der Waals surface area contributed by atoms with Gasteiger partial charge in [-0.25, -0.2) is 9.78 Å². The average Bonchev–Trinajstić information content (AvgIpc) is 2.80. The zero-order valence-electron chi connectivity index (χ0n) is 17.7. The fraction of sp³-hybridized carbons (Fsp3) is 0.136. The van der Waals surface area contributed by atoms with E-state index in [0.29, 0.717) is 4.90 Å². The zero-order chi connectivity index (χ0) is 24.9. The van der Waals surface area contributed by atoms with Gasteiger partial charge in [0.25, 0.3) is 5.91 Å². The van der Waals surface area contributed by atoms with E-state index in [4.69, 9.17) is 21.1 Å². The third-order valence-corrected chi connectivity index (χ3v) is 5.82. The number of hydrogen-bond acceptors (Lipinski definition) is 6. The van der Waals surface area contributed by atoms with Gasteiger partial charge in [-0.2, -0.15) is 13.2 Å². The fourth-order valence-electron chi connectivity index (χ4n) is 2.79. The van der Waals surface area contributed by atoms with E-state index in [-0.39, 0.29) is 32.8 Å². The van der Waals surface area contributed by atoms with Crippen LogP contribution >= 0.6 is 23.4 Å². The minimum atomic E-state index is -4.50. The topological polar surface area (TPSA) is 89.5 Å². The van der Waals surface area contributed by atoms with E-state index in [1.807, 2.05) is 0 Å². The smallest absolute Gasteiger partial charge is 0.416 e. The number of urea groups is 1. The molecule has 0 fully saturated rings. The molecule has 1 heterocycles. The molecule has 0 aliphatic rings. The fourth-order valence-corrected chi connectivity index (χ4v) is 3.87. The summed E-state index contributed by atoms with van der Waals surface area (Å²) in [5.41, 5.74) is -0.779. The van der Waals surface area contributed by atoms with Crippen molar-refractivity contribution in [2.45, 2.75) is 16.0 Å². The highest BCUT2D eigenvalue weighted by Gasteiger charge is 2.31. The average molecular weight is 512 g/mol. The second kappa shape index (κ2) is 10.7. The molecule has 0 atom stereocenters. The van der Waals surface area contributed by atoms with Crippen LogP contribution in [0.5, 0.6) is 11.5 Å². The Morgan fingerprint density at radius 3 is 2.26 bits per heavy atom. The molecule has 3 aromatic rings. The number of alkyl halides is 3. The maximum absolute atomic E-state index is 12.9. The summed E-state index contributed by atoms with van der Waals surface area (Å²) in [6.07, 6.45) is -3.15. The molecule has 3 rings (SSSR count). The lowest BCUT2D eigenvalue weighted by atomic mass is 10.1. The molecular weight excluding hydrogens is 495 g/mol. The van der Waals surface area contributed by atoms with Gasteiger partial charge in [0.15, 0.2) is 0 Å². The molecule has 12 heteroatoms. The molecule has 7 nitrogen and oxygen atoms in total. The van der Waals surface area contributed by atoms with Crippen LogP contribution in [-0.2, 0) is 6.18 Å². The highest BCUT2D eigenvalue weighted by molar-refractivity contribution is 7.99. The van der Waals surface area contributed by atoms with Crippen molar-refractivity contribution in [3.8, 4) is 11.5 Å². The predicted octanol–water partition coefficient (Wildman–Crippen LogP) is 5.88. The maximum atomic E-state index is 12.9. The van der Waals surface area contributed by atoms with Crippen molar-refractivity contribution in [1.82, 2.24) is 10.3 Å². The number of pyridine rings is 1. The molecule has 0 bridgehead atoms. The maximum Gasteiger partial charge on any atom is 0.416 e. The van der Waals surface area contributed by atoms with Crippen LogP contribution in [-0.4, -0.2) is 31.1 Å². The summed E-state index contributed by atoms with van der Waals surface area (Å²) < 4.78 is 49.1. The van der Waals surface area contributed by atoms with Crippen LogP contribution in [0.25, 0.3) is 0 Å². The third kappa shape index (κ3) is 6.12. The standard InChI is InChI=1S/C22H17ClF3N3O4S/c1-32-15-4-3-5-16(33-2)19(15)20(30)29-21(31)28-18-9-7-13(11-27-18)34-17-10-12(22(24,25)26)6-8-14(17)23/h3-11H,1-2H3,(H2,27,28,29,30,31). The molecule has 34 heavy (non-hydrogen) atoms. The van der Waals surface area contributed by atoms with E-state index in [1.165, 1.54) is 38.6 Å². The Hall–Kier alpha value is -3.44. The third-order valence-electron chi connectivity index (χ3n) is 4.35. The molecule has 0 aliphatic heterocycles. The van der Waals surface area contributed by atoms with Crippen LogP contribution in [0.1, 0.15) is 15.9 Å².